The van der Waals surface area contributed by atoms with Crippen LogP contribution in [0.5, 0.6) is 0 Å². The maximum atomic E-state index is 12.9. The van der Waals surface area contributed by atoms with Gasteiger partial charge >= 0.3 is 11.9 Å². The number of aliphatic carboxylic acids is 1. The van der Waals surface area contributed by atoms with Crippen LogP contribution in [0.1, 0.15) is 290 Å². The van der Waals surface area contributed by atoms with Crippen LogP contribution in [0.2, 0.25) is 0 Å². The number of hydrogen-bond acceptors (Lipinski definition) is 8. The predicted octanol–water partition coefficient (Wildman–Crippen LogP) is 19.0. The molecule has 0 N–H and O–H groups in total. The molecule has 0 radical (unpaired) electrons. The van der Waals surface area contributed by atoms with Crippen LogP contribution in [0.4, 0.5) is 0 Å². The number of allylic oxidation sites excluding steroid dienone is 14. The van der Waals surface area contributed by atoms with E-state index >= 15 is 0 Å². The molecule has 0 aromatic rings. The number of rotatable bonds is 61. The quantitative estimate of drug-likeness (QED) is 0.0195. The minimum atomic E-state index is -1.64. The van der Waals surface area contributed by atoms with E-state index in [9.17, 15) is 19.5 Å². The fraction of sp³-hybridized carbons (Fsp3) is 0.761. The third kappa shape index (κ3) is 62.1. The van der Waals surface area contributed by atoms with Crippen molar-refractivity contribution < 1.29 is 42.9 Å². The molecule has 2 unspecified atom stereocenters. The lowest BCUT2D eigenvalue weighted by Gasteiger charge is -2.26. The number of carboxylic acids is 1. The number of carbonyl (C=O) groups is 3. The highest BCUT2D eigenvalue weighted by atomic mass is 16.7. The fourth-order valence-corrected chi connectivity index (χ4v) is 9.35. The van der Waals surface area contributed by atoms with Crippen molar-refractivity contribution >= 4 is 17.9 Å². The van der Waals surface area contributed by atoms with Crippen LogP contribution in [-0.4, -0.2) is 82.3 Å². The van der Waals surface area contributed by atoms with Crippen molar-refractivity contribution in [3.05, 3.63) is 85.1 Å². The molecular weight excluding hydrogens is 995 g/mol. The minimum absolute atomic E-state index is 0.134. The van der Waals surface area contributed by atoms with Crippen molar-refractivity contribution in [3.63, 3.8) is 0 Å². The summed E-state index contributed by atoms with van der Waals surface area (Å²) in [6.45, 7) is 4.60. The highest BCUT2D eigenvalue weighted by Crippen LogP contribution is 2.18. The molecule has 0 aromatic carbocycles. The second-order valence-electron chi connectivity index (χ2n) is 23.4. The van der Waals surface area contributed by atoms with Crippen molar-refractivity contribution in [1.29, 1.82) is 0 Å². The molecule has 0 spiro atoms. The first-order valence-corrected chi connectivity index (χ1v) is 33.2. The van der Waals surface area contributed by atoms with Crippen LogP contribution in [0, 0.1) is 0 Å². The van der Waals surface area contributed by atoms with Gasteiger partial charge in [0.15, 0.2) is 12.4 Å². The molecule has 9 heteroatoms. The Morgan fingerprint density at radius 1 is 0.388 bits per heavy atom. The van der Waals surface area contributed by atoms with Gasteiger partial charge in [0.1, 0.15) is 13.2 Å². The Morgan fingerprint density at radius 2 is 0.713 bits per heavy atom. The average Bonchev–Trinajstić information content (AvgIpc) is 3.43. The molecule has 0 saturated heterocycles. The van der Waals surface area contributed by atoms with Gasteiger partial charge in [-0.2, -0.15) is 0 Å². The van der Waals surface area contributed by atoms with Crippen LogP contribution >= 0.6 is 0 Å². The maximum absolute atomic E-state index is 12.9. The zero-order valence-electron chi connectivity index (χ0n) is 52.7. The molecule has 0 rings (SSSR count). The fourth-order valence-electron chi connectivity index (χ4n) is 9.35. The topological polar surface area (TPSA) is 111 Å². The van der Waals surface area contributed by atoms with E-state index in [1.54, 1.807) is 0 Å². The van der Waals surface area contributed by atoms with E-state index in [-0.39, 0.29) is 38.6 Å². The molecule has 9 nitrogen and oxygen atoms in total. The van der Waals surface area contributed by atoms with Crippen molar-refractivity contribution in [2.45, 2.75) is 302 Å². The van der Waals surface area contributed by atoms with Crippen LogP contribution in [0.3, 0.4) is 0 Å². The first-order chi connectivity index (χ1) is 39.1. The minimum Gasteiger partial charge on any atom is -0.545 e. The second-order valence-corrected chi connectivity index (χ2v) is 23.4. The molecule has 0 saturated carbocycles. The molecule has 0 amide bonds. The summed E-state index contributed by atoms with van der Waals surface area (Å²) in [4.78, 5) is 37.4. The van der Waals surface area contributed by atoms with Gasteiger partial charge in [-0.15, -0.1) is 0 Å². The van der Waals surface area contributed by atoms with E-state index < -0.39 is 24.3 Å². The van der Waals surface area contributed by atoms with E-state index in [1.165, 1.54) is 186 Å². The van der Waals surface area contributed by atoms with Gasteiger partial charge in [-0.1, -0.05) is 298 Å². The van der Waals surface area contributed by atoms with Gasteiger partial charge in [0.2, 0.25) is 0 Å². The van der Waals surface area contributed by atoms with Crippen LogP contribution in [-0.2, 0) is 33.3 Å². The van der Waals surface area contributed by atoms with Crippen molar-refractivity contribution in [2.24, 2.45) is 0 Å². The molecular formula is C71H125NO8. The van der Waals surface area contributed by atoms with Crippen LogP contribution < -0.4 is 5.11 Å². The number of hydrogen-bond donors (Lipinski definition) is 0. The van der Waals surface area contributed by atoms with Crippen LogP contribution in [0.15, 0.2) is 85.1 Å². The van der Waals surface area contributed by atoms with Crippen LogP contribution in [0.25, 0.3) is 0 Å². The van der Waals surface area contributed by atoms with Gasteiger partial charge in [-0.05, 0) is 64.2 Å². The van der Waals surface area contributed by atoms with Gasteiger partial charge in [0.05, 0.1) is 40.3 Å². The lowest BCUT2D eigenvalue weighted by atomic mass is 10.0. The van der Waals surface area contributed by atoms with E-state index in [4.69, 9.17) is 18.9 Å². The first-order valence-electron chi connectivity index (χ1n) is 33.2. The molecule has 0 aliphatic carbocycles. The number of quaternary nitrogens is 1. The number of esters is 2. The van der Waals surface area contributed by atoms with E-state index in [0.717, 1.165) is 64.2 Å². The lowest BCUT2D eigenvalue weighted by Crippen LogP contribution is -2.44. The summed E-state index contributed by atoms with van der Waals surface area (Å²) in [6, 6.07) is 0. The number of likely N-dealkylation sites (N-methyl/N-ethyl adjacent to an activating group) is 1. The summed E-state index contributed by atoms with van der Waals surface area (Å²) in [5.74, 6) is -2.36. The Bertz CT molecular complexity index is 1590. The molecule has 0 aliphatic rings. The summed E-state index contributed by atoms with van der Waals surface area (Å²) in [5.41, 5.74) is 0. The Kier molecular flexibility index (Phi) is 58.8. The second kappa shape index (κ2) is 61.5. The van der Waals surface area contributed by atoms with Crippen molar-refractivity contribution in [3.8, 4) is 0 Å². The van der Waals surface area contributed by atoms with E-state index in [0.29, 0.717) is 23.9 Å². The number of carboxylic acid groups (broad SMARTS) is 1. The third-order valence-electron chi connectivity index (χ3n) is 14.4. The summed E-state index contributed by atoms with van der Waals surface area (Å²) in [5, 5.41) is 11.8. The Labute approximate surface area is 493 Å². The lowest BCUT2D eigenvalue weighted by molar-refractivity contribution is -0.870. The number of ether oxygens (including phenoxy) is 4. The zero-order chi connectivity index (χ0) is 58.3. The van der Waals surface area contributed by atoms with Crippen molar-refractivity contribution in [2.75, 3.05) is 47.5 Å². The normalized spacial score (nSPS) is 13.3. The maximum Gasteiger partial charge on any atom is 0.306 e. The van der Waals surface area contributed by atoms with Crippen molar-refractivity contribution in [1.82, 2.24) is 0 Å². The van der Waals surface area contributed by atoms with Gasteiger partial charge in [0.25, 0.3) is 0 Å². The molecule has 0 fully saturated rings. The molecule has 0 heterocycles. The SMILES string of the molecule is CC/C=C\C/C=C\C/C=C\C/C=C\C/C=C\C/C=C\C/C=C\CCCC(=O)OC(COC(=O)CCCCCCCCCCCCCCCCCCCCCCCCCCCCCCCCCC)COC(OCC[N+](C)(C)C)C(=O)[O-]. The molecule has 0 aliphatic heterocycles. The summed E-state index contributed by atoms with van der Waals surface area (Å²) < 4.78 is 22.7. The molecule has 462 valence electrons. The van der Waals surface area contributed by atoms with Gasteiger partial charge in [-0.3, -0.25) is 9.59 Å². The number of unbranched alkanes of at least 4 members (excludes halogenated alkanes) is 32. The Balaban J connectivity index is 4.17. The largest absolute Gasteiger partial charge is 0.545 e. The van der Waals surface area contributed by atoms with Gasteiger partial charge in [-0.25, -0.2) is 0 Å². The van der Waals surface area contributed by atoms with Gasteiger partial charge in [0, 0.05) is 12.8 Å². The summed E-state index contributed by atoms with van der Waals surface area (Å²) in [6.07, 6.45) is 79.7. The highest BCUT2D eigenvalue weighted by Gasteiger charge is 2.22. The summed E-state index contributed by atoms with van der Waals surface area (Å²) in [7, 11) is 5.91. The molecule has 0 bridgehead atoms. The average molecular weight is 1120 g/mol. The highest BCUT2D eigenvalue weighted by molar-refractivity contribution is 5.70. The zero-order valence-corrected chi connectivity index (χ0v) is 52.7. The van der Waals surface area contributed by atoms with Gasteiger partial charge < -0.3 is 33.3 Å². The Morgan fingerprint density at radius 3 is 1.05 bits per heavy atom. The first kappa shape index (κ1) is 76.5. The van der Waals surface area contributed by atoms with E-state index in [1.807, 2.05) is 21.1 Å². The number of carbonyl (C=O) groups excluding carboxylic acids is 3. The third-order valence-corrected chi connectivity index (χ3v) is 14.4. The summed E-state index contributed by atoms with van der Waals surface area (Å²) >= 11 is 0. The monoisotopic (exact) mass is 1120 g/mol. The standard InChI is InChI=1S/C71H125NO8/c1-6-8-10-12-14-16-18-20-22-24-26-28-30-31-32-33-34-35-36-37-38-40-41-43-45-47-49-51-53-55-57-59-61-68(73)78-65-67(66-79-71(70(75)76)77-64-63-72(3,4)5)80-69(74)62-60-58-56-54-52-50-48-46-44-42-39-29-27-25-23-21-19-17-15-13-11-9-7-2/h9,11,15,17,21,23,27,29,42,44,48,50,54,56,67,71H,6-8,10,12-14,16,18-20,22,24-26,28,30-41,43,45-47,49,51-53,55,57-66H2,1-5H3/b11-9-,17-15-,23-21-,29-27-,44-42-,50-48-,56-54-. The number of nitrogens with zero attached hydrogens (tertiary/aromatic N) is 1. The smallest absolute Gasteiger partial charge is 0.306 e. The molecule has 2 atom stereocenters. The molecule has 80 heavy (non-hydrogen) atoms. The van der Waals surface area contributed by atoms with E-state index in [2.05, 4.69) is 98.9 Å². The predicted molar refractivity (Wildman–Crippen MR) is 338 cm³/mol. The Hall–Kier alpha value is -3.53. The molecule has 0 aromatic heterocycles.